The van der Waals surface area contributed by atoms with Gasteiger partial charge < -0.3 is 10.1 Å². The van der Waals surface area contributed by atoms with Crippen LogP contribution in [0.1, 0.15) is 21.8 Å². The molecule has 2 aromatic rings. The van der Waals surface area contributed by atoms with Crippen LogP contribution in [0.25, 0.3) is 0 Å². The number of ether oxygens (including phenoxy) is 1. The molecule has 1 heterocycles. The van der Waals surface area contributed by atoms with Crippen molar-refractivity contribution < 1.29 is 31.5 Å². The Kier molecular flexibility index (Phi) is 5.45. The van der Waals surface area contributed by atoms with Gasteiger partial charge in [0.15, 0.2) is 5.69 Å². The SMILES string of the molecule is O=C(Nc1c(Cl)cc(OC(F)(F)F)cc1Cl)c1snnc1C(F)F. The number of carbonyl (C=O) groups is 1. The molecule has 0 atom stereocenters. The van der Waals surface area contributed by atoms with Gasteiger partial charge in [-0.2, -0.15) is 0 Å². The molecule has 0 saturated carbocycles. The van der Waals surface area contributed by atoms with Gasteiger partial charge in [-0.25, -0.2) is 8.78 Å². The maximum absolute atomic E-state index is 12.7. The van der Waals surface area contributed by atoms with E-state index in [4.69, 9.17) is 23.2 Å². The predicted octanol–water partition coefficient (Wildman–Crippen LogP) is 4.93. The Morgan fingerprint density at radius 2 is 1.83 bits per heavy atom. The molecule has 1 aromatic heterocycles. The number of nitrogens with zero attached hydrogens (tertiary/aromatic N) is 2. The zero-order chi connectivity index (χ0) is 18.1. The lowest BCUT2D eigenvalue weighted by atomic mass is 10.2. The van der Waals surface area contributed by atoms with Crippen molar-refractivity contribution in [2.45, 2.75) is 12.8 Å². The Bertz CT molecular complexity index is 745. The topological polar surface area (TPSA) is 64.1 Å². The van der Waals surface area contributed by atoms with E-state index in [1.54, 1.807) is 0 Å². The monoisotopic (exact) mass is 407 g/mol. The highest BCUT2D eigenvalue weighted by atomic mass is 35.5. The van der Waals surface area contributed by atoms with Gasteiger partial charge in [0.2, 0.25) is 0 Å². The van der Waals surface area contributed by atoms with Crippen LogP contribution in [-0.2, 0) is 0 Å². The fourth-order valence-electron chi connectivity index (χ4n) is 1.53. The minimum atomic E-state index is -4.96. The molecular formula is C11H4Cl2F5N3O2S. The third-order valence-electron chi connectivity index (χ3n) is 2.41. The Hall–Kier alpha value is -1.72. The van der Waals surface area contributed by atoms with E-state index in [1.807, 2.05) is 0 Å². The van der Waals surface area contributed by atoms with Crippen LogP contribution in [-0.4, -0.2) is 21.9 Å². The summed E-state index contributed by atoms with van der Waals surface area (Å²) in [6.07, 6.45) is -7.99. The number of hydrogen-bond donors (Lipinski definition) is 1. The Morgan fingerprint density at radius 3 is 2.33 bits per heavy atom. The molecule has 130 valence electrons. The second-order valence-electron chi connectivity index (χ2n) is 4.05. The third kappa shape index (κ3) is 4.42. The van der Waals surface area contributed by atoms with Gasteiger partial charge in [-0.3, -0.25) is 4.79 Å². The first-order valence-electron chi connectivity index (χ1n) is 5.75. The number of hydrogen-bond acceptors (Lipinski definition) is 5. The normalized spacial score (nSPS) is 11.7. The van der Waals surface area contributed by atoms with Crippen LogP contribution in [0.15, 0.2) is 12.1 Å². The molecule has 1 aromatic carbocycles. The molecule has 0 fully saturated rings. The molecule has 0 saturated heterocycles. The molecule has 13 heteroatoms. The number of alkyl halides is 5. The summed E-state index contributed by atoms with van der Waals surface area (Å²) in [6, 6.07) is 1.52. The van der Waals surface area contributed by atoms with Gasteiger partial charge in [-0.1, -0.05) is 27.7 Å². The highest BCUT2D eigenvalue weighted by Gasteiger charge is 2.32. The summed E-state index contributed by atoms with van der Waals surface area (Å²) >= 11 is 11.9. The summed E-state index contributed by atoms with van der Waals surface area (Å²) in [4.78, 5) is 11.5. The lowest BCUT2D eigenvalue weighted by Crippen LogP contribution is -2.17. The molecule has 0 aliphatic carbocycles. The predicted molar refractivity (Wildman–Crippen MR) is 76.0 cm³/mol. The largest absolute Gasteiger partial charge is 0.573 e. The van der Waals surface area contributed by atoms with Gasteiger partial charge in [0.05, 0.1) is 15.7 Å². The van der Waals surface area contributed by atoms with Crippen molar-refractivity contribution in [1.29, 1.82) is 0 Å². The summed E-state index contributed by atoms with van der Waals surface area (Å²) in [5, 5.41) is 4.48. The standard InChI is InChI=1S/C11H4Cl2F5N3O2S/c12-4-1-3(23-11(16,17)18)2-5(13)6(4)19-10(22)8-7(9(14)15)20-21-24-8/h1-2,9H,(H,19,22). The molecule has 0 bridgehead atoms. The number of aromatic nitrogens is 2. The summed E-state index contributed by atoms with van der Waals surface area (Å²) in [5.41, 5.74) is -1.10. The second kappa shape index (κ2) is 7.03. The van der Waals surface area contributed by atoms with E-state index in [-0.39, 0.29) is 15.7 Å². The number of rotatable bonds is 4. The summed E-state index contributed by atoms with van der Waals surface area (Å²) < 4.78 is 68.7. The van der Waals surface area contributed by atoms with Crippen LogP contribution >= 0.6 is 34.7 Å². The van der Waals surface area contributed by atoms with Crippen LogP contribution < -0.4 is 10.1 Å². The van der Waals surface area contributed by atoms with E-state index >= 15 is 0 Å². The number of nitrogens with one attached hydrogen (secondary N) is 1. The molecule has 0 aliphatic rings. The summed E-state index contributed by atoms with van der Waals surface area (Å²) in [7, 11) is 0. The third-order valence-corrected chi connectivity index (χ3v) is 3.75. The molecule has 0 unspecified atom stereocenters. The van der Waals surface area contributed by atoms with Crippen molar-refractivity contribution >= 4 is 46.3 Å². The zero-order valence-corrected chi connectivity index (χ0v) is 13.3. The molecule has 1 N–H and O–H groups in total. The highest BCUT2D eigenvalue weighted by molar-refractivity contribution is 7.08. The fourth-order valence-corrected chi connectivity index (χ4v) is 2.66. The minimum Gasteiger partial charge on any atom is -0.406 e. The van der Waals surface area contributed by atoms with Gasteiger partial charge in [-0.05, 0) is 11.5 Å². The average Bonchev–Trinajstić information content (AvgIpc) is 2.90. The van der Waals surface area contributed by atoms with E-state index in [9.17, 15) is 26.7 Å². The van der Waals surface area contributed by atoms with Gasteiger partial charge in [0.1, 0.15) is 10.6 Å². The quantitative estimate of drug-likeness (QED) is 0.729. The molecule has 24 heavy (non-hydrogen) atoms. The molecule has 0 aliphatic heterocycles. The minimum absolute atomic E-state index is 0.272. The Morgan fingerprint density at radius 1 is 1.25 bits per heavy atom. The molecule has 0 radical (unpaired) electrons. The van der Waals surface area contributed by atoms with Crippen LogP contribution in [0, 0.1) is 0 Å². The van der Waals surface area contributed by atoms with E-state index in [1.165, 1.54) is 0 Å². The maximum atomic E-state index is 12.7. The van der Waals surface area contributed by atoms with Crippen molar-refractivity contribution in [2.75, 3.05) is 5.32 Å². The van der Waals surface area contributed by atoms with E-state index in [0.717, 1.165) is 12.1 Å². The van der Waals surface area contributed by atoms with E-state index < -0.39 is 35.0 Å². The highest BCUT2D eigenvalue weighted by Crippen LogP contribution is 2.37. The summed E-state index contributed by atoms with van der Waals surface area (Å²) in [6.45, 7) is 0. The number of halogens is 7. The lowest BCUT2D eigenvalue weighted by Gasteiger charge is -2.13. The van der Waals surface area contributed by atoms with Crippen LogP contribution in [0.3, 0.4) is 0 Å². The van der Waals surface area contributed by atoms with E-state index in [2.05, 4.69) is 19.6 Å². The van der Waals surface area contributed by atoms with Crippen molar-refractivity contribution in [1.82, 2.24) is 9.59 Å². The number of anilines is 1. The van der Waals surface area contributed by atoms with Gasteiger partial charge in [0, 0.05) is 12.1 Å². The maximum Gasteiger partial charge on any atom is 0.573 e. The van der Waals surface area contributed by atoms with Crippen molar-refractivity contribution in [2.24, 2.45) is 0 Å². The average molecular weight is 408 g/mol. The van der Waals surface area contributed by atoms with Gasteiger partial charge in [-0.15, -0.1) is 18.3 Å². The van der Waals surface area contributed by atoms with Crippen LogP contribution in [0.2, 0.25) is 10.0 Å². The fraction of sp³-hybridized carbons (Fsp3) is 0.182. The van der Waals surface area contributed by atoms with Crippen molar-refractivity contribution in [3.8, 4) is 5.75 Å². The smallest absolute Gasteiger partial charge is 0.406 e. The van der Waals surface area contributed by atoms with Crippen LogP contribution in [0.4, 0.5) is 27.6 Å². The van der Waals surface area contributed by atoms with Gasteiger partial charge in [0.25, 0.3) is 12.3 Å². The van der Waals surface area contributed by atoms with Gasteiger partial charge >= 0.3 is 6.36 Å². The lowest BCUT2D eigenvalue weighted by molar-refractivity contribution is -0.274. The molecule has 0 spiro atoms. The van der Waals surface area contributed by atoms with Crippen LogP contribution in [0.5, 0.6) is 5.75 Å². The summed E-state index contributed by atoms with van der Waals surface area (Å²) in [5.74, 6) is -1.74. The first kappa shape index (κ1) is 18.6. The van der Waals surface area contributed by atoms with Crippen molar-refractivity contribution in [3.05, 3.63) is 32.7 Å². The molecule has 5 nitrogen and oxygen atoms in total. The number of carbonyl (C=O) groups excluding carboxylic acids is 1. The van der Waals surface area contributed by atoms with E-state index in [0.29, 0.717) is 11.5 Å². The zero-order valence-electron chi connectivity index (χ0n) is 11.0. The number of amides is 1. The first-order valence-corrected chi connectivity index (χ1v) is 7.28. The number of benzene rings is 1. The Labute approximate surface area is 144 Å². The first-order chi connectivity index (χ1) is 11.1. The Balaban J connectivity index is 2.27. The van der Waals surface area contributed by atoms with Crippen molar-refractivity contribution in [3.63, 3.8) is 0 Å². The molecule has 2 rings (SSSR count). The molecular weight excluding hydrogens is 404 g/mol. The molecule has 1 amide bonds. The second-order valence-corrected chi connectivity index (χ2v) is 5.62.